The third-order valence-electron chi connectivity index (χ3n) is 3.01. The van der Waals surface area contributed by atoms with E-state index in [1.807, 2.05) is 0 Å². The molecule has 0 aliphatic rings. The first kappa shape index (κ1) is 17.3. The lowest BCUT2D eigenvalue weighted by Gasteiger charge is -2.18. The van der Waals surface area contributed by atoms with Gasteiger partial charge in [-0.1, -0.05) is 42.5 Å². The molecule has 0 amide bonds. The molecule has 2 rings (SSSR count). The van der Waals surface area contributed by atoms with Crippen LogP contribution in [0.1, 0.15) is 15.9 Å². The molecule has 0 aliphatic carbocycles. The van der Waals surface area contributed by atoms with Crippen LogP contribution in [0.25, 0.3) is 0 Å². The van der Waals surface area contributed by atoms with E-state index >= 15 is 0 Å². The van der Waals surface area contributed by atoms with Crippen molar-refractivity contribution >= 4 is 13.4 Å². The largest absolute Gasteiger partial charge is 0.488 e. The zero-order chi connectivity index (χ0) is 17.1. The summed E-state index contributed by atoms with van der Waals surface area (Å²) in [5, 5.41) is 0. The van der Waals surface area contributed by atoms with Crippen LogP contribution in [0.15, 0.2) is 54.6 Å². The molecule has 0 saturated heterocycles. The van der Waals surface area contributed by atoms with Gasteiger partial charge in [-0.2, -0.15) is 8.78 Å². The Labute approximate surface area is 130 Å². The van der Waals surface area contributed by atoms with Gasteiger partial charge in [0, 0.05) is 0 Å². The molecule has 0 unspecified atom stereocenters. The monoisotopic (exact) mass is 342 g/mol. The predicted molar refractivity (Wildman–Crippen MR) is 78.5 cm³/mol. The third kappa shape index (κ3) is 3.82. The van der Waals surface area contributed by atoms with Crippen molar-refractivity contribution in [1.82, 2.24) is 0 Å². The number of rotatable bonds is 6. The van der Waals surface area contributed by atoms with E-state index in [9.17, 15) is 18.1 Å². The second-order valence-electron chi connectivity index (χ2n) is 4.68. The Bertz CT molecular complexity index is 743. The number of alkyl halides is 2. The molecule has 2 N–H and O–H groups in total. The van der Waals surface area contributed by atoms with Gasteiger partial charge in [-0.15, -0.1) is 0 Å². The number of Topliss-reactive ketones (excluding diaryl/α,β-unsaturated/α-hetero) is 1. The highest BCUT2D eigenvalue weighted by Crippen LogP contribution is 2.54. The van der Waals surface area contributed by atoms with Crippen LogP contribution >= 0.6 is 7.60 Å². The molecule has 0 spiro atoms. The van der Waals surface area contributed by atoms with Crippen molar-refractivity contribution in [3.63, 3.8) is 0 Å². The maximum Gasteiger partial charge on any atom is 0.407 e. The molecule has 0 fully saturated rings. The summed E-state index contributed by atoms with van der Waals surface area (Å²) < 4.78 is 43.4. The molecule has 2 aromatic rings. The van der Waals surface area contributed by atoms with E-state index in [-0.39, 0.29) is 12.4 Å². The van der Waals surface area contributed by atoms with Crippen molar-refractivity contribution in [3.8, 4) is 5.75 Å². The summed E-state index contributed by atoms with van der Waals surface area (Å²) in [7, 11) is -5.93. The van der Waals surface area contributed by atoms with E-state index in [0.29, 0.717) is 0 Å². The maximum atomic E-state index is 13.6. The number of carbonyl (C=O) groups excluding carboxylic acids is 1. The minimum Gasteiger partial charge on any atom is -0.488 e. The quantitative estimate of drug-likeness (QED) is 0.622. The molecular weight excluding hydrogens is 329 g/mol. The molecule has 8 heteroatoms. The second kappa shape index (κ2) is 6.58. The fraction of sp³-hybridized carbons (Fsp3) is 0.133. The van der Waals surface area contributed by atoms with Crippen LogP contribution in [0.2, 0.25) is 0 Å². The zero-order valence-electron chi connectivity index (χ0n) is 11.7. The van der Waals surface area contributed by atoms with Crippen molar-refractivity contribution < 1.29 is 32.7 Å². The summed E-state index contributed by atoms with van der Waals surface area (Å²) in [6.07, 6.45) is 0. The van der Waals surface area contributed by atoms with Crippen molar-refractivity contribution in [3.05, 3.63) is 65.7 Å². The first-order chi connectivity index (χ1) is 10.7. The van der Waals surface area contributed by atoms with E-state index in [4.69, 9.17) is 14.5 Å². The molecular formula is C15H13F2O5P. The SMILES string of the molecule is O=C(c1ccccc1OCc1ccccc1)C(F)(F)P(=O)(O)O. The highest BCUT2D eigenvalue weighted by molar-refractivity contribution is 7.54. The minimum atomic E-state index is -5.93. The molecule has 0 atom stereocenters. The molecule has 0 saturated carbocycles. The van der Waals surface area contributed by atoms with Crippen LogP contribution in [0.4, 0.5) is 8.78 Å². The number of para-hydroxylation sites is 1. The normalized spacial score (nSPS) is 12.0. The Balaban J connectivity index is 2.27. The summed E-state index contributed by atoms with van der Waals surface area (Å²) >= 11 is 0. The molecule has 2 aromatic carbocycles. The smallest absolute Gasteiger partial charge is 0.407 e. The highest BCUT2D eigenvalue weighted by atomic mass is 31.2. The Kier molecular flexibility index (Phi) is 4.94. The summed E-state index contributed by atoms with van der Waals surface area (Å²) in [5.41, 5.74) is -4.65. The average Bonchev–Trinajstić information content (AvgIpc) is 2.52. The minimum absolute atomic E-state index is 0.0205. The fourth-order valence-electron chi connectivity index (χ4n) is 1.81. The van der Waals surface area contributed by atoms with Crippen LogP contribution < -0.4 is 4.74 Å². The van der Waals surface area contributed by atoms with Gasteiger partial charge in [0.25, 0.3) is 0 Å². The number of hydrogen-bond donors (Lipinski definition) is 2. The molecule has 0 aromatic heterocycles. The van der Waals surface area contributed by atoms with Gasteiger partial charge < -0.3 is 14.5 Å². The van der Waals surface area contributed by atoms with Gasteiger partial charge >= 0.3 is 13.3 Å². The lowest BCUT2D eigenvalue weighted by atomic mass is 10.1. The summed E-state index contributed by atoms with van der Waals surface area (Å²) in [5.74, 6) is -2.15. The fourth-order valence-corrected chi connectivity index (χ4v) is 2.19. The Morgan fingerprint density at radius 3 is 2.22 bits per heavy atom. The lowest BCUT2D eigenvalue weighted by Crippen LogP contribution is -2.29. The van der Waals surface area contributed by atoms with Crippen LogP contribution in [0.3, 0.4) is 0 Å². The maximum absolute atomic E-state index is 13.6. The molecule has 0 heterocycles. The van der Waals surface area contributed by atoms with E-state index in [1.54, 1.807) is 30.3 Å². The Morgan fingerprint density at radius 2 is 1.61 bits per heavy atom. The third-order valence-corrected chi connectivity index (χ3v) is 3.94. The molecule has 0 aliphatic heterocycles. The van der Waals surface area contributed by atoms with Crippen LogP contribution in [0, 0.1) is 0 Å². The number of benzene rings is 2. The van der Waals surface area contributed by atoms with Gasteiger partial charge in [-0.05, 0) is 17.7 Å². The van der Waals surface area contributed by atoms with Gasteiger partial charge in [0.05, 0.1) is 5.56 Å². The molecule has 122 valence electrons. The summed E-state index contributed by atoms with van der Waals surface area (Å²) in [6.45, 7) is 0.0205. The van der Waals surface area contributed by atoms with E-state index in [1.165, 1.54) is 18.2 Å². The van der Waals surface area contributed by atoms with Gasteiger partial charge in [0.1, 0.15) is 12.4 Å². The van der Waals surface area contributed by atoms with Crippen molar-refractivity contribution in [1.29, 1.82) is 0 Å². The molecule has 23 heavy (non-hydrogen) atoms. The van der Waals surface area contributed by atoms with Gasteiger partial charge in [-0.25, -0.2) is 0 Å². The van der Waals surface area contributed by atoms with Crippen molar-refractivity contribution in [2.45, 2.75) is 12.3 Å². The van der Waals surface area contributed by atoms with E-state index in [0.717, 1.165) is 11.6 Å². The van der Waals surface area contributed by atoms with E-state index < -0.39 is 24.6 Å². The van der Waals surface area contributed by atoms with Crippen molar-refractivity contribution in [2.75, 3.05) is 0 Å². The number of ether oxygens (including phenoxy) is 1. The molecule has 0 bridgehead atoms. The Hall–Kier alpha value is -2.08. The van der Waals surface area contributed by atoms with E-state index in [2.05, 4.69) is 0 Å². The topological polar surface area (TPSA) is 83.8 Å². The average molecular weight is 342 g/mol. The lowest BCUT2D eigenvalue weighted by molar-refractivity contribution is 0.0407. The highest BCUT2D eigenvalue weighted by Gasteiger charge is 2.56. The molecule has 0 radical (unpaired) electrons. The first-order valence-electron chi connectivity index (χ1n) is 6.47. The van der Waals surface area contributed by atoms with Crippen LogP contribution in [-0.2, 0) is 11.2 Å². The number of hydrogen-bond acceptors (Lipinski definition) is 3. The standard InChI is InChI=1S/C15H13F2O5P/c16-15(17,23(19,20)21)14(18)12-8-4-5-9-13(12)22-10-11-6-2-1-3-7-11/h1-9H,10H2,(H2,19,20,21). The number of halogens is 2. The first-order valence-corrected chi connectivity index (χ1v) is 8.09. The Morgan fingerprint density at radius 1 is 1.04 bits per heavy atom. The summed E-state index contributed by atoms with van der Waals surface area (Å²) in [4.78, 5) is 29.2. The molecule has 5 nitrogen and oxygen atoms in total. The summed E-state index contributed by atoms with van der Waals surface area (Å²) in [6, 6.07) is 13.9. The van der Waals surface area contributed by atoms with Crippen LogP contribution in [0.5, 0.6) is 5.75 Å². The second-order valence-corrected chi connectivity index (χ2v) is 6.33. The zero-order valence-corrected chi connectivity index (χ0v) is 12.6. The van der Waals surface area contributed by atoms with Gasteiger partial charge in [0.15, 0.2) is 0 Å². The predicted octanol–water partition coefficient (Wildman–Crippen LogP) is 3.22. The number of ketones is 1. The van der Waals surface area contributed by atoms with Crippen LogP contribution in [-0.4, -0.2) is 21.2 Å². The van der Waals surface area contributed by atoms with Gasteiger partial charge in [0.2, 0.25) is 5.78 Å². The van der Waals surface area contributed by atoms with Gasteiger partial charge in [-0.3, -0.25) is 9.36 Å². The number of carbonyl (C=O) groups is 1. The van der Waals surface area contributed by atoms with Crippen molar-refractivity contribution in [2.24, 2.45) is 0 Å².